The fourth-order valence-electron chi connectivity index (χ4n) is 4.00. The molecule has 0 radical (unpaired) electrons. The lowest BCUT2D eigenvalue weighted by Gasteiger charge is -2.26. The zero-order chi connectivity index (χ0) is 26.2. The van der Waals surface area contributed by atoms with Crippen LogP contribution in [-0.2, 0) is 24.4 Å². The number of hydrogen-bond donors (Lipinski definition) is 3. The first-order chi connectivity index (χ1) is 17.9. The number of rotatable bonds is 10. The number of ether oxygens (including phenoxy) is 1. The van der Waals surface area contributed by atoms with Crippen molar-refractivity contribution in [3.8, 4) is 5.75 Å². The van der Waals surface area contributed by atoms with Crippen molar-refractivity contribution in [1.82, 2.24) is 14.9 Å². The van der Waals surface area contributed by atoms with E-state index in [-0.39, 0.29) is 37.0 Å². The van der Waals surface area contributed by atoms with E-state index < -0.39 is 11.2 Å². The van der Waals surface area contributed by atoms with Crippen LogP contribution < -0.4 is 31.9 Å². The summed E-state index contributed by atoms with van der Waals surface area (Å²) in [7, 11) is 1.59. The molecule has 37 heavy (non-hydrogen) atoms. The molecule has 0 aliphatic heterocycles. The van der Waals surface area contributed by atoms with E-state index in [1.165, 1.54) is 4.57 Å². The molecule has 0 fully saturated rings. The van der Waals surface area contributed by atoms with E-state index in [0.29, 0.717) is 6.54 Å². The Balaban J connectivity index is 1.62. The van der Waals surface area contributed by atoms with Gasteiger partial charge in [-0.15, -0.1) is 0 Å². The highest BCUT2D eigenvalue weighted by molar-refractivity contribution is 5.82. The molecule has 190 valence electrons. The van der Waals surface area contributed by atoms with Crippen molar-refractivity contribution in [3.63, 3.8) is 0 Å². The Bertz CT molecular complexity index is 1450. The van der Waals surface area contributed by atoms with Gasteiger partial charge in [-0.2, -0.15) is 0 Å². The summed E-state index contributed by atoms with van der Waals surface area (Å²) in [6.45, 7) is 0.592. The first-order valence-corrected chi connectivity index (χ1v) is 11.8. The zero-order valence-corrected chi connectivity index (χ0v) is 20.5. The lowest BCUT2D eigenvalue weighted by Crippen LogP contribution is -2.42. The first-order valence-electron chi connectivity index (χ1n) is 11.8. The van der Waals surface area contributed by atoms with Crippen molar-refractivity contribution in [2.45, 2.75) is 19.6 Å². The highest BCUT2D eigenvalue weighted by Crippen LogP contribution is 2.20. The van der Waals surface area contributed by atoms with Crippen LogP contribution in [0.3, 0.4) is 0 Å². The van der Waals surface area contributed by atoms with Crippen molar-refractivity contribution in [1.29, 1.82) is 0 Å². The number of methoxy groups -OCH3 is 1. The Kier molecular flexibility index (Phi) is 8.05. The lowest BCUT2D eigenvalue weighted by molar-refractivity contribution is -0.119. The van der Waals surface area contributed by atoms with Gasteiger partial charge in [-0.25, -0.2) is 4.79 Å². The van der Waals surface area contributed by atoms with E-state index in [1.807, 2.05) is 84.9 Å². The number of nitrogens with zero attached hydrogens (tertiary/aromatic N) is 2. The highest BCUT2D eigenvalue weighted by Gasteiger charge is 2.21. The molecule has 4 aromatic rings. The number of anilines is 2. The molecular weight excluding hydrogens is 470 g/mol. The summed E-state index contributed by atoms with van der Waals surface area (Å²) in [6, 6.07) is 26.1. The van der Waals surface area contributed by atoms with Crippen LogP contribution in [0.1, 0.15) is 16.7 Å². The number of carbonyl (C=O) groups excluding carboxylic acids is 1. The molecule has 3 aromatic carbocycles. The second-order valence-corrected chi connectivity index (χ2v) is 8.53. The third-order valence-electron chi connectivity index (χ3n) is 5.91. The van der Waals surface area contributed by atoms with E-state index in [4.69, 9.17) is 10.5 Å². The second kappa shape index (κ2) is 11.8. The molecule has 4 rings (SSSR count). The van der Waals surface area contributed by atoms with Gasteiger partial charge in [0.1, 0.15) is 17.3 Å². The standard InChI is InChI=1S/C28H29N5O4/c1-37-23-14-12-20(13-15-23)16-30-24(34)19-32(17-21-8-4-2-5-9-21)25-26(29)33(28(36)31-27(25)35)18-22-10-6-3-7-11-22/h2-15H,16-19,29H2,1H3,(H,30,34)(H,31,35,36). The van der Waals surface area contributed by atoms with Gasteiger partial charge in [-0.05, 0) is 28.8 Å². The maximum absolute atomic E-state index is 13.0. The van der Waals surface area contributed by atoms with E-state index >= 15 is 0 Å². The van der Waals surface area contributed by atoms with Gasteiger partial charge < -0.3 is 20.7 Å². The Hall–Kier alpha value is -4.79. The normalized spacial score (nSPS) is 10.6. The highest BCUT2D eigenvalue weighted by atomic mass is 16.5. The van der Waals surface area contributed by atoms with Crippen molar-refractivity contribution >= 4 is 17.4 Å². The molecular formula is C28H29N5O4. The van der Waals surface area contributed by atoms with E-state index in [9.17, 15) is 14.4 Å². The fourth-order valence-corrected chi connectivity index (χ4v) is 4.00. The first kappa shape index (κ1) is 25.3. The van der Waals surface area contributed by atoms with E-state index in [1.54, 1.807) is 12.0 Å². The van der Waals surface area contributed by atoms with Gasteiger partial charge in [-0.1, -0.05) is 72.8 Å². The third-order valence-corrected chi connectivity index (χ3v) is 5.91. The molecule has 1 heterocycles. The number of hydrogen-bond acceptors (Lipinski definition) is 6. The Morgan fingerprint density at radius 3 is 2.16 bits per heavy atom. The smallest absolute Gasteiger partial charge is 0.330 e. The molecule has 0 spiro atoms. The molecule has 1 amide bonds. The molecule has 9 heteroatoms. The van der Waals surface area contributed by atoms with Crippen LogP contribution in [0.5, 0.6) is 5.75 Å². The summed E-state index contributed by atoms with van der Waals surface area (Å²) in [5.74, 6) is 0.423. The zero-order valence-electron chi connectivity index (χ0n) is 20.5. The molecule has 0 saturated carbocycles. The van der Waals surface area contributed by atoms with Crippen molar-refractivity contribution < 1.29 is 9.53 Å². The van der Waals surface area contributed by atoms with Crippen molar-refractivity contribution in [3.05, 3.63) is 122 Å². The largest absolute Gasteiger partial charge is 0.497 e. The van der Waals surface area contributed by atoms with E-state index in [2.05, 4.69) is 10.3 Å². The molecule has 0 atom stereocenters. The fraction of sp³-hybridized carbons (Fsp3) is 0.179. The molecule has 0 bridgehead atoms. The Labute approximate surface area is 214 Å². The topological polar surface area (TPSA) is 122 Å². The maximum Gasteiger partial charge on any atom is 0.330 e. The Morgan fingerprint density at radius 1 is 0.919 bits per heavy atom. The number of nitrogens with one attached hydrogen (secondary N) is 2. The second-order valence-electron chi connectivity index (χ2n) is 8.53. The summed E-state index contributed by atoms with van der Waals surface area (Å²) in [6.07, 6.45) is 0. The number of aromatic amines is 1. The van der Waals surface area contributed by atoms with Crippen LogP contribution in [0.2, 0.25) is 0 Å². The van der Waals surface area contributed by atoms with Crippen LogP contribution in [-0.4, -0.2) is 29.1 Å². The van der Waals surface area contributed by atoms with Gasteiger partial charge in [0.25, 0.3) is 5.56 Å². The molecule has 1 aromatic heterocycles. The average Bonchev–Trinajstić information content (AvgIpc) is 2.91. The summed E-state index contributed by atoms with van der Waals surface area (Å²) < 4.78 is 6.47. The number of H-pyrrole nitrogens is 1. The van der Waals surface area contributed by atoms with Crippen LogP contribution >= 0.6 is 0 Å². The van der Waals surface area contributed by atoms with Gasteiger partial charge in [0.05, 0.1) is 20.2 Å². The SMILES string of the molecule is COc1ccc(CNC(=O)CN(Cc2ccccc2)c2c(N)n(Cc3ccccc3)c(=O)[nH]c2=O)cc1. The van der Waals surface area contributed by atoms with Crippen LogP contribution in [0.4, 0.5) is 11.5 Å². The maximum atomic E-state index is 13.0. The number of nitrogens with two attached hydrogens (primary N) is 1. The quantitative estimate of drug-likeness (QED) is 0.308. The molecule has 4 N–H and O–H groups in total. The van der Waals surface area contributed by atoms with Crippen molar-refractivity contribution in [2.24, 2.45) is 0 Å². The number of nitrogen functional groups attached to an aromatic ring is 1. The molecule has 0 unspecified atom stereocenters. The predicted octanol–water partition coefficient (Wildman–Crippen LogP) is 2.50. The van der Waals surface area contributed by atoms with Crippen molar-refractivity contribution in [2.75, 3.05) is 24.3 Å². The summed E-state index contributed by atoms with van der Waals surface area (Å²) in [5, 5.41) is 2.88. The van der Waals surface area contributed by atoms with Crippen LogP contribution in [0, 0.1) is 0 Å². The van der Waals surface area contributed by atoms with Gasteiger partial charge in [0, 0.05) is 13.1 Å². The summed E-state index contributed by atoms with van der Waals surface area (Å²) >= 11 is 0. The third kappa shape index (κ3) is 6.46. The Morgan fingerprint density at radius 2 is 1.54 bits per heavy atom. The molecule has 0 aliphatic rings. The minimum Gasteiger partial charge on any atom is -0.497 e. The molecule has 9 nitrogen and oxygen atoms in total. The number of benzene rings is 3. The summed E-state index contributed by atoms with van der Waals surface area (Å²) in [4.78, 5) is 42.6. The monoisotopic (exact) mass is 499 g/mol. The molecule has 0 aliphatic carbocycles. The van der Waals surface area contributed by atoms with Crippen LogP contribution in [0.25, 0.3) is 0 Å². The van der Waals surface area contributed by atoms with Gasteiger partial charge in [0.2, 0.25) is 5.91 Å². The minimum atomic E-state index is -0.648. The lowest BCUT2D eigenvalue weighted by atomic mass is 10.2. The molecule has 0 saturated heterocycles. The summed E-state index contributed by atoms with van der Waals surface area (Å²) in [5.41, 5.74) is 7.85. The number of carbonyl (C=O) groups is 1. The average molecular weight is 500 g/mol. The predicted molar refractivity (Wildman–Crippen MR) is 144 cm³/mol. The van der Waals surface area contributed by atoms with Gasteiger partial charge >= 0.3 is 5.69 Å². The number of amides is 1. The van der Waals surface area contributed by atoms with Gasteiger partial charge in [-0.3, -0.25) is 19.1 Å². The minimum absolute atomic E-state index is 0.00325. The van der Waals surface area contributed by atoms with Crippen LogP contribution in [0.15, 0.2) is 94.5 Å². The number of aromatic nitrogens is 2. The van der Waals surface area contributed by atoms with Gasteiger partial charge in [0.15, 0.2) is 0 Å². The van der Waals surface area contributed by atoms with E-state index in [0.717, 1.165) is 22.4 Å².